The molecule has 2 N–H and O–H groups in total. The number of nitrogens with two attached hydrogens (primary N) is 1. The molecule has 84 valence electrons. The number of ether oxygens (including phenoxy) is 1. The van der Waals surface area contributed by atoms with Crippen LogP contribution in [-0.4, -0.2) is 10.2 Å². The van der Waals surface area contributed by atoms with Crippen LogP contribution in [0.4, 0.5) is 9.52 Å². The molecule has 2 aromatic rings. The summed E-state index contributed by atoms with van der Waals surface area (Å²) in [6, 6.07) is 4.23. The third-order valence-corrected chi connectivity index (χ3v) is 3.11. The second-order valence-corrected chi connectivity index (χ2v) is 4.85. The molecule has 0 saturated heterocycles. The van der Waals surface area contributed by atoms with E-state index in [9.17, 15) is 4.39 Å². The van der Waals surface area contributed by atoms with E-state index in [4.69, 9.17) is 10.5 Å². The summed E-state index contributed by atoms with van der Waals surface area (Å²) in [5.74, 6) is 0.0729. The normalized spacial score (nSPS) is 10.4. The monoisotopic (exact) mass is 303 g/mol. The predicted molar refractivity (Wildman–Crippen MR) is 62.8 cm³/mol. The van der Waals surface area contributed by atoms with E-state index in [-0.39, 0.29) is 12.4 Å². The molecule has 1 aromatic carbocycles. The molecule has 7 heteroatoms. The first kappa shape index (κ1) is 11.3. The van der Waals surface area contributed by atoms with E-state index in [1.807, 2.05) is 0 Å². The second kappa shape index (κ2) is 4.75. The SMILES string of the molecule is Nc1nnc(COc2cc(F)ccc2Br)s1. The van der Waals surface area contributed by atoms with Gasteiger partial charge in [0.1, 0.15) is 18.2 Å². The van der Waals surface area contributed by atoms with Crippen LogP contribution in [0.5, 0.6) is 5.75 Å². The average molecular weight is 304 g/mol. The summed E-state index contributed by atoms with van der Waals surface area (Å²) >= 11 is 4.50. The Hall–Kier alpha value is -1.21. The molecule has 0 aliphatic carbocycles. The fourth-order valence-corrected chi connectivity index (χ4v) is 1.94. The van der Waals surface area contributed by atoms with E-state index in [0.29, 0.717) is 20.4 Å². The van der Waals surface area contributed by atoms with Crippen LogP contribution in [0.15, 0.2) is 22.7 Å². The van der Waals surface area contributed by atoms with E-state index in [0.717, 1.165) is 0 Å². The Morgan fingerprint density at radius 2 is 2.25 bits per heavy atom. The molecule has 0 aliphatic heterocycles. The zero-order valence-electron chi connectivity index (χ0n) is 7.98. The van der Waals surface area contributed by atoms with Gasteiger partial charge in [-0.2, -0.15) is 0 Å². The number of benzene rings is 1. The van der Waals surface area contributed by atoms with Gasteiger partial charge in [0, 0.05) is 6.07 Å². The van der Waals surface area contributed by atoms with Gasteiger partial charge in [-0.1, -0.05) is 11.3 Å². The van der Waals surface area contributed by atoms with Gasteiger partial charge in [0.05, 0.1) is 4.47 Å². The van der Waals surface area contributed by atoms with Crippen LogP contribution >= 0.6 is 27.3 Å². The minimum absolute atomic E-state index is 0.219. The first-order chi connectivity index (χ1) is 7.65. The Kier molecular flexibility index (Phi) is 3.35. The van der Waals surface area contributed by atoms with Gasteiger partial charge in [0.25, 0.3) is 0 Å². The van der Waals surface area contributed by atoms with Crippen molar-refractivity contribution in [3.8, 4) is 5.75 Å². The maximum atomic E-state index is 12.9. The highest BCUT2D eigenvalue weighted by Gasteiger charge is 2.06. The van der Waals surface area contributed by atoms with Gasteiger partial charge < -0.3 is 10.5 Å². The number of hydrogen-bond donors (Lipinski definition) is 1. The van der Waals surface area contributed by atoms with E-state index >= 15 is 0 Å². The number of hydrogen-bond acceptors (Lipinski definition) is 5. The quantitative estimate of drug-likeness (QED) is 0.947. The minimum atomic E-state index is -0.352. The zero-order chi connectivity index (χ0) is 11.5. The molecule has 0 atom stereocenters. The number of anilines is 1. The summed E-state index contributed by atoms with van der Waals surface area (Å²) in [5, 5.41) is 8.47. The first-order valence-electron chi connectivity index (χ1n) is 4.31. The largest absolute Gasteiger partial charge is 0.485 e. The van der Waals surface area contributed by atoms with Gasteiger partial charge in [-0.3, -0.25) is 0 Å². The summed E-state index contributed by atoms with van der Waals surface area (Å²) in [7, 11) is 0. The van der Waals surface area contributed by atoms with Crippen molar-refractivity contribution in [1.82, 2.24) is 10.2 Å². The summed E-state index contributed by atoms with van der Waals surface area (Å²) in [5.41, 5.74) is 5.42. The fourth-order valence-electron chi connectivity index (χ4n) is 1.05. The molecule has 1 heterocycles. The highest BCUT2D eigenvalue weighted by molar-refractivity contribution is 9.10. The maximum Gasteiger partial charge on any atom is 0.203 e. The fraction of sp³-hybridized carbons (Fsp3) is 0.111. The van der Waals surface area contributed by atoms with E-state index in [1.165, 1.54) is 23.5 Å². The van der Waals surface area contributed by atoms with Crippen LogP contribution in [-0.2, 0) is 6.61 Å². The van der Waals surface area contributed by atoms with E-state index in [1.54, 1.807) is 6.07 Å². The Morgan fingerprint density at radius 3 is 2.94 bits per heavy atom. The Labute approximate surface area is 103 Å². The second-order valence-electron chi connectivity index (χ2n) is 2.90. The molecule has 1 aromatic heterocycles. The smallest absolute Gasteiger partial charge is 0.203 e. The van der Waals surface area contributed by atoms with Crippen LogP contribution < -0.4 is 10.5 Å². The Balaban J connectivity index is 2.07. The number of halogens is 2. The summed E-state index contributed by atoms with van der Waals surface area (Å²) in [6.07, 6.45) is 0. The predicted octanol–water partition coefficient (Wildman–Crippen LogP) is 2.60. The van der Waals surface area contributed by atoms with Gasteiger partial charge in [-0.25, -0.2) is 4.39 Å². The van der Waals surface area contributed by atoms with Crippen LogP contribution in [0.3, 0.4) is 0 Å². The Bertz CT molecular complexity index is 505. The lowest BCUT2D eigenvalue weighted by Crippen LogP contribution is -1.96. The summed E-state index contributed by atoms with van der Waals surface area (Å²) in [4.78, 5) is 0. The number of nitrogen functional groups attached to an aromatic ring is 1. The van der Waals surface area contributed by atoms with Crippen molar-refractivity contribution < 1.29 is 9.13 Å². The molecule has 16 heavy (non-hydrogen) atoms. The van der Waals surface area contributed by atoms with Crippen molar-refractivity contribution in [2.24, 2.45) is 0 Å². The lowest BCUT2D eigenvalue weighted by molar-refractivity contribution is 0.301. The molecule has 0 amide bonds. The molecule has 0 spiro atoms. The molecule has 0 fully saturated rings. The van der Waals surface area contributed by atoms with Gasteiger partial charge in [0.2, 0.25) is 5.13 Å². The third-order valence-electron chi connectivity index (χ3n) is 1.73. The molecule has 0 saturated carbocycles. The van der Waals surface area contributed by atoms with Crippen molar-refractivity contribution in [3.63, 3.8) is 0 Å². The number of rotatable bonds is 3. The molecule has 4 nitrogen and oxygen atoms in total. The van der Waals surface area contributed by atoms with Gasteiger partial charge in [-0.15, -0.1) is 10.2 Å². The Morgan fingerprint density at radius 1 is 1.44 bits per heavy atom. The average Bonchev–Trinajstić information content (AvgIpc) is 2.66. The van der Waals surface area contributed by atoms with Crippen molar-refractivity contribution in [2.45, 2.75) is 6.61 Å². The van der Waals surface area contributed by atoms with Crippen molar-refractivity contribution in [2.75, 3.05) is 5.73 Å². The zero-order valence-corrected chi connectivity index (χ0v) is 10.4. The van der Waals surface area contributed by atoms with Crippen molar-refractivity contribution in [1.29, 1.82) is 0 Å². The highest BCUT2D eigenvalue weighted by atomic mass is 79.9. The molecular formula is C9H7BrFN3OS. The number of nitrogens with zero attached hydrogens (tertiary/aromatic N) is 2. The van der Waals surface area contributed by atoms with Crippen LogP contribution in [0.2, 0.25) is 0 Å². The van der Waals surface area contributed by atoms with Gasteiger partial charge in [-0.05, 0) is 28.1 Å². The molecular weight excluding hydrogens is 297 g/mol. The van der Waals surface area contributed by atoms with E-state index in [2.05, 4.69) is 26.1 Å². The molecule has 0 bridgehead atoms. The van der Waals surface area contributed by atoms with Crippen molar-refractivity contribution in [3.05, 3.63) is 33.5 Å². The standard InChI is InChI=1S/C9H7BrFN3OS/c10-6-2-1-5(11)3-7(6)15-4-8-13-14-9(12)16-8/h1-3H,4H2,(H2,12,14). The van der Waals surface area contributed by atoms with Crippen LogP contribution in [0.1, 0.15) is 5.01 Å². The van der Waals surface area contributed by atoms with E-state index < -0.39 is 0 Å². The number of aromatic nitrogens is 2. The lowest BCUT2D eigenvalue weighted by atomic mass is 10.3. The van der Waals surface area contributed by atoms with Crippen molar-refractivity contribution >= 4 is 32.4 Å². The summed E-state index contributed by atoms with van der Waals surface area (Å²) < 4.78 is 19.0. The van der Waals surface area contributed by atoms with Gasteiger partial charge in [0.15, 0.2) is 5.01 Å². The maximum absolute atomic E-state index is 12.9. The lowest BCUT2D eigenvalue weighted by Gasteiger charge is -2.05. The molecule has 0 unspecified atom stereocenters. The van der Waals surface area contributed by atoms with Gasteiger partial charge >= 0.3 is 0 Å². The first-order valence-corrected chi connectivity index (χ1v) is 5.92. The molecule has 0 radical (unpaired) electrons. The topological polar surface area (TPSA) is 61.0 Å². The third kappa shape index (κ3) is 2.67. The highest BCUT2D eigenvalue weighted by Crippen LogP contribution is 2.26. The molecule has 0 aliphatic rings. The summed E-state index contributed by atoms with van der Waals surface area (Å²) in [6.45, 7) is 0.219. The minimum Gasteiger partial charge on any atom is -0.485 e. The van der Waals surface area contributed by atoms with Crippen LogP contribution in [0.25, 0.3) is 0 Å². The molecule has 2 rings (SSSR count). The van der Waals surface area contributed by atoms with Crippen LogP contribution in [0, 0.1) is 5.82 Å².